The molecule has 4 N–H and O–H groups in total. The first-order valence-corrected chi connectivity index (χ1v) is 47.7. The summed E-state index contributed by atoms with van der Waals surface area (Å²) >= 11 is 0. The molecule has 0 aromatic rings. The molecular formula is C97H160O16P2. The van der Waals surface area contributed by atoms with Gasteiger partial charge in [-0.15, -0.1) is 0 Å². The number of aliphatic hydroxyl groups is 2. The van der Waals surface area contributed by atoms with E-state index >= 15 is 0 Å². The second kappa shape index (κ2) is 87.7. The molecule has 0 aliphatic carbocycles. The van der Waals surface area contributed by atoms with Crippen molar-refractivity contribution in [3.63, 3.8) is 0 Å². The lowest BCUT2D eigenvalue weighted by molar-refractivity contribution is -0.161. The van der Waals surface area contributed by atoms with Crippen LogP contribution in [-0.4, -0.2) is 95.9 Å². The van der Waals surface area contributed by atoms with Crippen molar-refractivity contribution in [1.82, 2.24) is 0 Å². The van der Waals surface area contributed by atoms with Crippen LogP contribution < -0.4 is 0 Å². The van der Waals surface area contributed by atoms with Crippen LogP contribution >= 0.6 is 15.6 Å². The number of phosphoric ester groups is 2. The number of phosphoric acid groups is 2. The molecule has 16 nitrogen and oxygen atoms in total. The third-order valence-corrected chi connectivity index (χ3v) is 20.2. The highest BCUT2D eigenvalue weighted by Crippen LogP contribution is 2.45. The fourth-order valence-corrected chi connectivity index (χ4v) is 13.1. The molecule has 0 radical (unpaired) electrons. The Hall–Kier alpha value is -5.61. The molecule has 0 saturated heterocycles. The van der Waals surface area contributed by atoms with E-state index in [0.717, 1.165) is 180 Å². The van der Waals surface area contributed by atoms with Crippen LogP contribution in [0.2, 0.25) is 0 Å². The Balaban J connectivity index is 4.58. The fourth-order valence-electron chi connectivity index (χ4n) is 11.6. The van der Waals surface area contributed by atoms with Crippen molar-refractivity contribution >= 4 is 33.6 Å². The second-order valence-electron chi connectivity index (χ2n) is 29.3. The molecule has 18 heteroatoms. The maximum Gasteiger partial charge on any atom is 0.472 e. The van der Waals surface area contributed by atoms with Crippen LogP contribution in [0, 0.1) is 0 Å². The topological polar surface area (TPSA) is 231 Å². The van der Waals surface area contributed by atoms with E-state index in [2.05, 4.69) is 215 Å². The van der Waals surface area contributed by atoms with Crippen LogP contribution in [0.1, 0.15) is 342 Å². The zero-order valence-electron chi connectivity index (χ0n) is 71.9. The lowest BCUT2D eigenvalue weighted by Gasteiger charge is -2.21. The van der Waals surface area contributed by atoms with Crippen molar-refractivity contribution in [3.8, 4) is 0 Å². The molecule has 0 rings (SSSR count). The molecule has 0 aliphatic rings. The van der Waals surface area contributed by atoms with Crippen molar-refractivity contribution in [3.05, 3.63) is 194 Å². The molecule has 0 heterocycles. The fraction of sp³-hybridized carbons (Fsp3) is 0.639. The third kappa shape index (κ3) is 89.0. The summed E-state index contributed by atoms with van der Waals surface area (Å²) in [5.41, 5.74) is 0. The molecule has 654 valence electrons. The highest BCUT2D eigenvalue weighted by molar-refractivity contribution is 7.47. The number of carbonyl (C=O) groups is 3. The van der Waals surface area contributed by atoms with Gasteiger partial charge in [-0.3, -0.25) is 32.5 Å². The number of ether oxygens (including phenoxy) is 3. The molecule has 0 bridgehead atoms. The molecule has 0 aliphatic heterocycles. The molecule has 0 saturated carbocycles. The van der Waals surface area contributed by atoms with E-state index in [1.165, 1.54) is 103 Å². The van der Waals surface area contributed by atoms with E-state index in [1.54, 1.807) is 0 Å². The minimum Gasteiger partial charge on any atom is -0.463 e. The van der Waals surface area contributed by atoms with Crippen molar-refractivity contribution in [2.75, 3.05) is 39.6 Å². The maximum atomic E-state index is 13.0. The number of carbonyl (C=O) groups excluding carboxylic acids is 3. The molecular weight excluding hydrogens is 1480 g/mol. The summed E-state index contributed by atoms with van der Waals surface area (Å²) in [6, 6.07) is 0. The second-order valence-corrected chi connectivity index (χ2v) is 32.2. The molecule has 0 amide bonds. The molecule has 0 aromatic heterocycles. The minimum atomic E-state index is -4.96. The number of rotatable bonds is 83. The lowest BCUT2D eigenvalue weighted by Crippen LogP contribution is -2.30. The van der Waals surface area contributed by atoms with Gasteiger partial charge in [-0.05, 0) is 167 Å². The van der Waals surface area contributed by atoms with Gasteiger partial charge in [-0.25, -0.2) is 9.13 Å². The standard InChI is InChI=1S/C97H160O16P2/c1-4-7-10-13-16-19-22-25-28-31-34-37-39-40-41-42-43-44-45-46-47-48-49-50-52-55-56-59-62-65-68-71-74-77-80-83-95(100)107-86-92(98)87-109-114(103,104)110-88-93(99)89-111-115(105,106)112-91-94(113-97(102)85-82-79-76-73-70-67-64-61-58-53-36-33-30-27-24-21-18-15-12-9-6-3)90-108-96(101)84-81-78-75-72-69-66-63-60-57-54-51-38-35-32-29-26-23-20-17-14-11-8-5-2/h7-8,10-11,16-21,25-30,34-38,40-41,43-44,53-54,57,61,63-64,66,92-94,98-99H,4-6,9,12-15,22-24,31-33,39,42,45-52,55-56,58-60,62,65,67-91H2,1-3H3,(H,103,104)(H,105,106)/b10-7-,11-8-,19-16-,20-17-,21-18-,28-25-,29-26-,30-27-,37-34-,38-35-,41-40-,44-43-,53-36-,57-54-,64-61-,66-63-. The monoisotopic (exact) mass is 1640 g/mol. The predicted octanol–water partition coefficient (Wildman–Crippen LogP) is 27.4. The first-order chi connectivity index (χ1) is 56.2. The molecule has 5 atom stereocenters. The van der Waals surface area contributed by atoms with Gasteiger partial charge in [0.05, 0.1) is 26.4 Å². The van der Waals surface area contributed by atoms with Crippen LogP contribution in [0.4, 0.5) is 0 Å². The van der Waals surface area contributed by atoms with Gasteiger partial charge in [0.2, 0.25) is 0 Å². The SMILES string of the molecule is CC/C=C\C/C=C\C/C=C\C/C=C\C/C=C\C/C=C\CCCCCCCCCCCCCCCCCCC(=O)OCC(O)COP(=O)(O)OCC(O)COP(=O)(O)OCC(COC(=O)CCCCCC/C=C\C/C=C\C/C=C\C/C=C\C/C=C\C/C=C\CC)OC(=O)CCCCCCC/C=C\C/C=C\C/C=C\C/C=C\CCCCC. The summed E-state index contributed by atoms with van der Waals surface area (Å²) in [5.74, 6) is -1.63. The Labute approximate surface area is 699 Å². The smallest absolute Gasteiger partial charge is 0.463 e. The number of unbranched alkanes of at least 4 members (excludes halogenated alkanes) is 28. The highest BCUT2D eigenvalue weighted by atomic mass is 31.2. The summed E-state index contributed by atoms with van der Waals surface area (Å²) in [7, 11) is -9.83. The molecule has 0 fully saturated rings. The van der Waals surface area contributed by atoms with E-state index in [1.807, 2.05) is 0 Å². The number of allylic oxidation sites excluding steroid dienone is 32. The first-order valence-electron chi connectivity index (χ1n) is 44.7. The summed E-state index contributed by atoms with van der Waals surface area (Å²) in [6.45, 7) is 2.38. The largest absolute Gasteiger partial charge is 0.472 e. The van der Waals surface area contributed by atoms with Gasteiger partial charge >= 0.3 is 33.6 Å². The number of hydrogen-bond donors (Lipinski definition) is 4. The highest BCUT2D eigenvalue weighted by Gasteiger charge is 2.29. The van der Waals surface area contributed by atoms with E-state index in [0.29, 0.717) is 19.3 Å². The van der Waals surface area contributed by atoms with Gasteiger partial charge < -0.3 is 34.2 Å². The van der Waals surface area contributed by atoms with Crippen molar-refractivity contribution < 1.29 is 75.8 Å². The minimum absolute atomic E-state index is 0.0708. The average molecular weight is 1640 g/mol. The van der Waals surface area contributed by atoms with Gasteiger partial charge in [0.15, 0.2) is 6.10 Å². The lowest BCUT2D eigenvalue weighted by atomic mass is 10.0. The summed E-state index contributed by atoms with van der Waals surface area (Å²) in [5, 5.41) is 20.7. The number of esters is 3. The summed E-state index contributed by atoms with van der Waals surface area (Å²) < 4.78 is 61.4. The van der Waals surface area contributed by atoms with E-state index in [-0.39, 0.29) is 19.3 Å². The van der Waals surface area contributed by atoms with Crippen LogP contribution in [-0.2, 0) is 55.8 Å². The van der Waals surface area contributed by atoms with Gasteiger partial charge in [-0.1, -0.05) is 350 Å². The molecule has 5 unspecified atom stereocenters. The van der Waals surface area contributed by atoms with Crippen LogP contribution in [0.5, 0.6) is 0 Å². The van der Waals surface area contributed by atoms with E-state index in [9.17, 15) is 43.5 Å². The Morgan fingerprint density at radius 2 is 0.461 bits per heavy atom. The van der Waals surface area contributed by atoms with Gasteiger partial charge in [0, 0.05) is 19.3 Å². The normalized spacial score (nSPS) is 14.7. The van der Waals surface area contributed by atoms with Crippen LogP contribution in [0.3, 0.4) is 0 Å². The van der Waals surface area contributed by atoms with Crippen molar-refractivity contribution in [2.24, 2.45) is 0 Å². The predicted molar refractivity (Wildman–Crippen MR) is 481 cm³/mol. The average Bonchev–Trinajstić information content (AvgIpc) is 0.901. The van der Waals surface area contributed by atoms with Crippen molar-refractivity contribution in [2.45, 2.75) is 360 Å². The van der Waals surface area contributed by atoms with Gasteiger partial charge in [-0.2, -0.15) is 0 Å². The van der Waals surface area contributed by atoms with E-state index in [4.69, 9.17) is 32.3 Å². The maximum absolute atomic E-state index is 13.0. The molecule has 115 heavy (non-hydrogen) atoms. The molecule has 0 aromatic carbocycles. The van der Waals surface area contributed by atoms with E-state index < -0.39 is 91.5 Å². The third-order valence-electron chi connectivity index (χ3n) is 18.3. The Morgan fingerprint density at radius 1 is 0.252 bits per heavy atom. The zero-order chi connectivity index (χ0) is 83.6. The van der Waals surface area contributed by atoms with Gasteiger partial charge in [0.25, 0.3) is 0 Å². The Bertz CT molecular complexity index is 2870. The zero-order valence-corrected chi connectivity index (χ0v) is 73.7. The van der Waals surface area contributed by atoms with Crippen LogP contribution in [0.15, 0.2) is 194 Å². The summed E-state index contributed by atoms with van der Waals surface area (Å²) in [6.07, 6.45) is 116. The number of aliphatic hydroxyl groups excluding tert-OH is 2. The Morgan fingerprint density at radius 3 is 0.730 bits per heavy atom. The Kier molecular flexibility index (Phi) is 83.4. The van der Waals surface area contributed by atoms with Gasteiger partial charge in [0.1, 0.15) is 25.4 Å². The first kappa shape index (κ1) is 109. The summed E-state index contributed by atoms with van der Waals surface area (Å²) in [4.78, 5) is 58.9. The quantitative estimate of drug-likeness (QED) is 0.0146. The number of hydrogen-bond acceptors (Lipinski definition) is 14. The molecule has 0 spiro atoms. The van der Waals surface area contributed by atoms with Crippen molar-refractivity contribution in [1.29, 1.82) is 0 Å². The van der Waals surface area contributed by atoms with Crippen LogP contribution in [0.25, 0.3) is 0 Å².